The van der Waals surface area contributed by atoms with Crippen molar-refractivity contribution in [3.63, 3.8) is 0 Å². The van der Waals surface area contributed by atoms with Crippen LogP contribution in [0.2, 0.25) is 19.6 Å². The zero-order chi connectivity index (χ0) is 39.8. The van der Waals surface area contributed by atoms with Gasteiger partial charge >= 0.3 is 0 Å². The van der Waals surface area contributed by atoms with Gasteiger partial charge in [-0.2, -0.15) is 0 Å². The lowest BCUT2D eigenvalue weighted by Gasteiger charge is -2.31. The Balaban J connectivity index is 1.46. The molecule has 8 aromatic rings. The third-order valence-corrected chi connectivity index (χ3v) is 13.9. The van der Waals surface area contributed by atoms with Crippen LogP contribution < -0.4 is 15.0 Å². The molecular weight excluding hydrogens is 705 g/mol. The molecule has 0 saturated carbocycles. The van der Waals surface area contributed by atoms with Crippen LogP contribution in [0.1, 0.15) is 55.5 Å². The maximum atomic E-state index is 2.53. The van der Waals surface area contributed by atoms with Crippen molar-refractivity contribution in [1.82, 2.24) is 0 Å². The number of hydrogen-bond acceptors (Lipinski definition) is 2. The Hall–Kier alpha value is -5.64. The molecule has 2 nitrogen and oxygen atoms in total. The molecule has 0 saturated heterocycles. The summed E-state index contributed by atoms with van der Waals surface area (Å²) in [5.74, 6) is 0. The third kappa shape index (κ3) is 7.38. The molecule has 0 bridgehead atoms. The average Bonchev–Trinajstić information content (AvgIpc) is 3.24. The van der Waals surface area contributed by atoms with Crippen LogP contribution >= 0.6 is 0 Å². The number of nitrogens with zero attached hydrogens (tertiary/aromatic N) is 2. The molecule has 0 radical (unpaired) electrons. The molecule has 8 aromatic carbocycles. The molecule has 286 valence electrons. The van der Waals surface area contributed by atoms with E-state index in [2.05, 4.69) is 210 Å². The normalized spacial score (nSPS) is 11.8. The highest BCUT2D eigenvalue weighted by Crippen LogP contribution is 2.48. The lowest BCUT2D eigenvalue weighted by Crippen LogP contribution is -2.37. The number of aryl methyl sites for hydroxylation is 5. The molecule has 0 N–H and O–H groups in total. The number of fused-ring (bicyclic) bond motifs is 5. The Kier molecular flexibility index (Phi) is 10.5. The molecule has 0 spiro atoms. The van der Waals surface area contributed by atoms with E-state index in [1.807, 2.05) is 0 Å². The van der Waals surface area contributed by atoms with Crippen LogP contribution in [0.3, 0.4) is 0 Å². The minimum Gasteiger partial charge on any atom is -0.310 e. The van der Waals surface area contributed by atoms with Crippen molar-refractivity contribution in [3.8, 4) is 0 Å². The highest BCUT2D eigenvalue weighted by Gasteiger charge is 2.24. The van der Waals surface area contributed by atoms with Crippen LogP contribution in [0, 0.1) is 6.92 Å². The van der Waals surface area contributed by atoms with Crippen molar-refractivity contribution in [2.24, 2.45) is 0 Å². The lowest BCUT2D eigenvalue weighted by molar-refractivity contribution is 1.08. The van der Waals surface area contributed by atoms with E-state index in [1.165, 1.54) is 93.8 Å². The summed E-state index contributed by atoms with van der Waals surface area (Å²) in [5.41, 5.74) is 13.9. The molecular formula is C54H56N2Si. The Labute approximate surface area is 341 Å². The molecule has 0 amide bonds. The van der Waals surface area contributed by atoms with Crippen molar-refractivity contribution in [2.45, 2.75) is 79.9 Å². The van der Waals surface area contributed by atoms with Crippen molar-refractivity contribution in [2.75, 3.05) is 9.80 Å². The maximum absolute atomic E-state index is 2.53. The van der Waals surface area contributed by atoms with Gasteiger partial charge in [0.15, 0.2) is 0 Å². The van der Waals surface area contributed by atoms with Gasteiger partial charge in [-0.05, 0) is 137 Å². The van der Waals surface area contributed by atoms with Crippen LogP contribution in [0.4, 0.5) is 34.1 Å². The monoisotopic (exact) mass is 760 g/mol. The van der Waals surface area contributed by atoms with Gasteiger partial charge in [0, 0.05) is 33.5 Å². The maximum Gasteiger partial charge on any atom is 0.0775 e. The molecule has 57 heavy (non-hydrogen) atoms. The fraction of sp³-hybridized carbons (Fsp3) is 0.222. The minimum absolute atomic E-state index is 0.993. The van der Waals surface area contributed by atoms with Crippen molar-refractivity contribution < 1.29 is 0 Å². The molecule has 0 atom stereocenters. The standard InChI is InChI=1S/C54H56N2Si/c1-9-38-29-39(10-2)32-44(31-38)55(42-23-21-37(5)22-24-42)53-35-51-48-18-14-16-20-50(48)54(36-52(51)47-17-13-15-19-49(47)53)56(43-25-27-46(28-26-43)57(6,7)8)45-33-40(11-3)30-41(12-4)34-45/h13-36H,9-12H2,1-8H3. The quantitative estimate of drug-likeness (QED) is 0.0957. The van der Waals surface area contributed by atoms with E-state index in [-0.39, 0.29) is 0 Å². The second-order valence-corrected chi connectivity index (χ2v) is 21.8. The predicted octanol–water partition coefficient (Wildman–Crippen LogP) is 15.2. The van der Waals surface area contributed by atoms with Crippen molar-refractivity contribution >= 4 is 79.7 Å². The molecule has 0 aromatic heterocycles. The molecule has 0 aliphatic carbocycles. The highest BCUT2D eigenvalue weighted by atomic mass is 28.3. The highest BCUT2D eigenvalue weighted by molar-refractivity contribution is 6.88. The second kappa shape index (κ2) is 15.7. The Morgan fingerprint density at radius 2 is 0.719 bits per heavy atom. The first-order valence-corrected chi connectivity index (χ1v) is 24.5. The van der Waals surface area contributed by atoms with Crippen LogP contribution in [-0.4, -0.2) is 8.07 Å². The number of benzene rings is 8. The average molecular weight is 761 g/mol. The van der Waals surface area contributed by atoms with Gasteiger partial charge < -0.3 is 9.80 Å². The van der Waals surface area contributed by atoms with Gasteiger partial charge in [0.2, 0.25) is 0 Å². The second-order valence-electron chi connectivity index (χ2n) is 16.7. The van der Waals surface area contributed by atoms with E-state index >= 15 is 0 Å². The molecule has 0 aliphatic rings. The Bertz CT molecular complexity index is 2680. The van der Waals surface area contributed by atoms with Gasteiger partial charge in [-0.1, -0.05) is 143 Å². The molecule has 0 fully saturated rings. The zero-order valence-corrected chi connectivity index (χ0v) is 36.1. The fourth-order valence-electron chi connectivity index (χ4n) is 8.50. The van der Waals surface area contributed by atoms with E-state index in [4.69, 9.17) is 0 Å². The van der Waals surface area contributed by atoms with Crippen molar-refractivity contribution in [3.05, 3.63) is 173 Å². The molecule has 3 heteroatoms. The van der Waals surface area contributed by atoms with Gasteiger partial charge in [-0.3, -0.25) is 0 Å². The predicted molar refractivity (Wildman–Crippen MR) is 254 cm³/mol. The first-order chi connectivity index (χ1) is 27.6. The minimum atomic E-state index is -1.49. The van der Waals surface area contributed by atoms with Crippen molar-refractivity contribution in [1.29, 1.82) is 0 Å². The number of anilines is 6. The first kappa shape index (κ1) is 38.2. The molecule has 0 unspecified atom stereocenters. The van der Waals surface area contributed by atoms with Gasteiger partial charge in [0.05, 0.1) is 19.4 Å². The van der Waals surface area contributed by atoms with Crippen LogP contribution in [0.15, 0.2) is 146 Å². The summed E-state index contributed by atoms with van der Waals surface area (Å²) in [4.78, 5) is 5.02. The smallest absolute Gasteiger partial charge is 0.0775 e. The van der Waals surface area contributed by atoms with Gasteiger partial charge in [-0.25, -0.2) is 0 Å². The SMILES string of the molecule is CCc1cc(CC)cc(N(c2ccc(C)cc2)c2cc3c4ccccc4c(N(c4ccc([Si](C)(C)C)cc4)c4cc(CC)cc(CC)c4)cc3c3ccccc23)c1. The summed E-state index contributed by atoms with van der Waals surface area (Å²) in [6.45, 7) is 18.5. The van der Waals surface area contributed by atoms with Gasteiger partial charge in [0.25, 0.3) is 0 Å². The van der Waals surface area contributed by atoms with E-state index in [9.17, 15) is 0 Å². The summed E-state index contributed by atoms with van der Waals surface area (Å²) in [6.07, 6.45) is 3.97. The number of hydrogen-bond donors (Lipinski definition) is 0. The number of rotatable bonds is 11. The summed E-state index contributed by atoms with van der Waals surface area (Å²) in [7, 11) is -1.49. The summed E-state index contributed by atoms with van der Waals surface area (Å²) in [5, 5.41) is 8.97. The van der Waals surface area contributed by atoms with Crippen LogP contribution in [0.25, 0.3) is 32.3 Å². The van der Waals surface area contributed by atoms with Crippen LogP contribution in [0.5, 0.6) is 0 Å². The summed E-state index contributed by atoms with van der Waals surface area (Å²) < 4.78 is 0. The molecule has 0 heterocycles. The summed E-state index contributed by atoms with van der Waals surface area (Å²) in [6, 6.07) is 55.9. The van der Waals surface area contributed by atoms with E-state index < -0.39 is 8.07 Å². The largest absolute Gasteiger partial charge is 0.310 e. The van der Waals surface area contributed by atoms with Crippen LogP contribution in [-0.2, 0) is 25.7 Å². The molecule has 0 aliphatic heterocycles. The summed E-state index contributed by atoms with van der Waals surface area (Å²) >= 11 is 0. The first-order valence-electron chi connectivity index (χ1n) is 21.0. The Morgan fingerprint density at radius 1 is 0.368 bits per heavy atom. The van der Waals surface area contributed by atoms with Gasteiger partial charge in [0.1, 0.15) is 0 Å². The Morgan fingerprint density at radius 3 is 1.07 bits per heavy atom. The van der Waals surface area contributed by atoms with E-state index in [1.54, 1.807) is 0 Å². The van der Waals surface area contributed by atoms with Gasteiger partial charge in [-0.15, -0.1) is 0 Å². The zero-order valence-electron chi connectivity index (χ0n) is 35.1. The van der Waals surface area contributed by atoms with E-state index in [0.29, 0.717) is 0 Å². The lowest BCUT2D eigenvalue weighted by atomic mass is 9.93. The fourth-order valence-corrected chi connectivity index (χ4v) is 9.67. The molecule has 8 rings (SSSR count). The third-order valence-electron chi connectivity index (χ3n) is 11.8. The van der Waals surface area contributed by atoms with E-state index in [0.717, 1.165) is 31.4 Å². The topological polar surface area (TPSA) is 6.48 Å².